The van der Waals surface area contributed by atoms with Crippen molar-refractivity contribution in [2.45, 2.75) is 37.1 Å². The third kappa shape index (κ3) is 1.81. The van der Waals surface area contributed by atoms with Crippen molar-refractivity contribution >= 4 is 11.8 Å². The van der Waals surface area contributed by atoms with Gasteiger partial charge in [-0.1, -0.05) is 0 Å². The minimum atomic E-state index is -0.222. The van der Waals surface area contributed by atoms with Gasteiger partial charge < -0.3 is 10.2 Å². The lowest BCUT2D eigenvalue weighted by atomic mass is 10.0. The maximum Gasteiger partial charge on any atom is 0.214 e. The number of hydrogen-bond donors (Lipinski definition) is 1. The summed E-state index contributed by atoms with van der Waals surface area (Å²) in [6.45, 7) is 0. The van der Waals surface area contributed by atoms with Crippen molar-refractivity contribution in [2.24, 2.45) is 5.73 Å². The molecule has 3 nitrogen and oxygen atoms in total. The lowest BCUT2D eigenvalue weighted by Gasteiger charge is -2.18. The molecule has 1 unspecified atom stereocenters. The highest BCUT2D eigenvalue weighted by Gasteiger charge is 2.45. The van der Waals surface area contributed by atoms with E-state index in [1.165, 1.54) is 24.3 Å². The van der Waals surface area contributed by atoms with E-state index in [9.17, 15) is 0 Å². The van der Waals surface area contributed by atoms with Crippen LogP contribution in [0.25, 0.3) is 0 Å². The zero-order valence-electron chi connectivity index (χ0n) is 8.74. The van der Waals surface area contributed by atoms with Gasteiger partial charge in [0.15, 0.2) is 0 Å². The average molecular weight is 224 g/mol. The van der Waals surface area contributed by atoms with Crippen LogP contribution in [0.4, 0.5) is 0 Å². The molecule has 1 aromatic rings. The molecule has 2 fully saturated rings. The molecule has 1 atom stereocenters. The van der Waals surface area contributed by atoms with Crippen molar-refractivity contribution in [1.82, 2.24) is 4.98 Å². The molecule has 2 N–H and O–H groups in total. The van der Waals surface area contributed by atoms with Gasteiger partial charge in [0.25, 0.3) is 0 Å². The Morgan fingerprint density at radius 1 is 1.53 bits per heavy atom. The highest BCUT2D eigenvalue weighted by atomic mass is 32.2. The molecule has 1 aromatic heterocycles. The van der Waals surface area contributed by atoms with E-state index >= 15 is 0 Å². The SMILES string of the molecule is NC1(c2nc(C3CCCSC3)co2)CC1. The van der Waals surface area contributed by atoms with Crippen LogP contribution in [0.2, 0.25) is 0 Å². The van der Waals surface area contributed by atoms with E-state index in [4.69, 9.17) is 10.2 Å². The van der Waals surface area contributed by atoms with Crippen molar-refractivity contribution in [3.63, 3.8) is 0 Å². The standard InChI is InChI=1S/C11H16N2OS/c12-11(3-4-11)10-13-9(6-14-10)8-2-1-5-15-7-8/h6,8H,1-5,7,12H2. The van der Waals surface area contributed by atoms with E-state index in [1.54, 1.807) is 0 Å². The van der Waals surface area contributed by atoms with Gasteiger partial charge >= 0.3 is 0 Å². The predicted octanol–water partition coefficient (Wildman–Crippen LogP) is 2.23. The van der Waals surface area contributed by atoms with Crippen molar-refractivity contribution < 1.29 is 4.42 Å². The Balaban J connectivity index is 1.77. The zero-order chi connectivity index (χ0) is 10.3. The Kier molecular flexibility index (Phi) is 2.29. The average Bonchev–Trinajstić information content (AvgIpc) is 2.85. The third-order valence-electron chi connectivity index (χ3n) is 3.32. The number of aromatic nitrogens is 1. The molecule has 0 amide bonds. The molecule has 15 heavy (non-hydrogen) atoms. The van der Waals surface area contributed by atoms with Crippen LogP contribution in [-0.4, -0.2) is 16.5 Å². The summed E-state index contributed by atoms with van der Waals surface area (Å²) in [6.07, 6.45) is 6.40. The molecule has 1 aliphatic heterocycles. The fourth-order valence-electron chi connectivity index (χ4n) is 2.02. The van der Waals surface area contributed by atoms with Crippen LogP contribution < -0.4 is 5.73 Å². The summed E-state index contributed by atoms with van der Waals surface area (Å²) in [7, 11) is 0. The van der Waals surface area contributed by atoms with Gasteiger partial charge in [-0.05, 0) is 31.4 Å². The van der Waals surface area contributed by atoms with Gasteiger partial charge in [0.2, 0.25) is 5.89 Å². The fraction of sp³-hybridized carbons (Fsp3) is 0.727. The van der Waals surface area contributed by atoms with Crippen LogP contribution in [0.5, 0.6) is 0 Å². The Labute approximate surface area is 93.8 Å². The van der Waals surface area contributed by atoms with Crippen LogP contribution >= 0.6 is 11.8 Å². The lowest BCUT2D eigenvalue weighted by Crippen LogP contribution is -2.19. The molecular weight excluding hydrogens is 208 g/mol. The topological polar surface area (TPSA) is 52.0 Å². The smallest absolute Gasteiger partial charge is 0.214 e. The molecule has 4 heteroatoms. The number of hydrogen-bond acceptors (Lipinski definition) is 4. The van der Waals surface area contributed by atoms with Crippen LogP contribution in [0, 0.1) is 0 Å². The second kappa shape index (κ2) is 3.52. The van der Waals surface area contributed by atoms with Crippen LogP contribution in [0.3, 0.4) is 0 Å². The first-order chi connectivity index (χ1) is 7.28. The van der Waals surface area contributed by atoms with Gasteiger partial charge in [-0.3, -0.25) is 0 Å². The molecule has 1 saturated heterocycles. The van der Waals surface area contributed by atoms with Crippen molar-refractivity contribution in [2.75, 3.05) is 11.5 Å². The van der Waals surface area contributed by atoms with Crippen LogP contribution in [-0.2, 0) is 5.54 Å². The Hall–Kier alpha value is -0.480. The van der Waals surface area contributed by atoms with Gasteiger partial charge in [-0.2, -0.15) is 11.8 Å². The lowest BCUT2D eigenvalue weighted by molar-refractivity contribution is 0.440. The van der Waals surface area contributed by atoms with Gasteiger partial charge in [0.05, 0.1) is 11.2 Å². The first kappa shape index (κ1) is 9.73. The normalized spacial score (nSPS) is 29.0. The largest absolute Gasteiger partial charge is 0.447 e. The van der Waals surface area contributed by atoms with Crippen molar-refractivity contribution in [1.29, 1.82) is 0 Å². The maximum absolute atomic E-state index is 6.05. The summed E-state index contributed by atoms with van der Waals surface area (Å²) >= 11 is 2.02. The number of rotatable bonds is 2. The van der Waals surface area contributed by atoms with Gasteiger partial charge in [-0.25, -0.2) is 4.98 Å². The summed E-state index contributed by atoms with van der Waals surface area (Å²) < 4.78 is 5.50. The van der Waals surface area contributed by atoms with E-state index in [1.807, 2.05) is 18.0 Å². The number of nitrogens with zero attached hydrogens (tertiary/aromatic N) is 1. The van der Waals surface area contributed by atoms with Gasteiger partial charge in [-0.15, -0.1) is 0 Å². The summed E-state index contributed by atoms with van der Waals surface area (Å²) in [5.41, 5.74) is 6.95. The summed E-state index contributed by atoms with van der Waals surface area (Å²) in [4.78, 5) is 4.56. The molecule has 0 spiro atoms. The fourth-order valence-corrected chi connectivity index (χ4v) is 3.18. The summed E-state index contributed by atoms with van der Waals surface area (Å²) in [5, 5.41) is 0. The zero-order valence-corrected chi connectivity index (χ0v) is 9.55. The van der Waals surface area contributed by atoms with Gasteiger partial charge in [0.1, 0.15) is 6.26 Å². The summed E-state index contributed by atoms with van der Waals surface area (Å²) in [6, 6.07) is 0. The molecule has 0 radical (unpaired) electrons. The Bertz CT molecular complexity index is 353. The molecule has 82 valence electrons. The van der Waals surface area contributed by atoms with Crippen LogP contribution in [0.15, 0.2) is 10.7 Å². The molecule has 0 bridgehead atoms. The predicted molar refractivity (Wildman–Crippen MR) is 60.9 cm³/mol. The second-order valence-electron chi connectivity index (χ2n) is 4.65. The molecule has 1 saturated carbocycles. The van der Waals surface area contributed by atoms with Gasteiger partial charge in [0, 0.05) is 11.7 Å². The highest BCUT2D eigenvalue weighted by molar-refractivity contribution is 7.99. The maximum atomic E-state index is 6.05. The third-order valence-corrected chi connectivity index (χ3v) is 4.53. The summed E-state index contributed by atoms with van der Waals surface area (Å²) in [5.74, 6) is 3.82. The second-order valence-corrected chi connectivity index (χ2v) is 5.80. The van der Waals surface area contributed by atoms with E-state index in [2.05, 4.69) is 4.98 Å². The Morgan fingerprint density at radius 2 is 2.40 bits per heavy atom. The first-order valence-corrected chi connectivity index (χ1v) is 6.76. The molecule has 2 heterocycles. The van der Waals surface area contributed by atoms with Crippen molar-refractivity contribution in [3.8, 4) is 0 Å². The quantitative estimate of drug-likeness (QED) is 0.837. The number of nitrogens with two attached hydrogens (primary N) is 1. The molecule has 1 aliphatic carbocycles. The number of oxazole rings is 1. The monoisotopic (exact) mass is 224 g/mol. The van der Waals surface area contributed by atoms with Crippen LogP contribution in [0.1, 0.15) is 43.2 Å². The molecule has 2 aliphatic rings. The van der Waals surface area contributed by atoms with Crippen molar-refractivity contribution in [3.05, 3.63) is 17.8 Å². The first-order valence-electron chi connectivity index (χ1n) is 5.60. The van der Waals surface area contributed by atoms with E-state index in [-0.39, 0.29) is 5.54 Å². The van der Waals surface area contributed by atoms with E-state index < -0.39 is 0 Å². The molecule has 3 rings (SSSR count). The van der Waals surface area contributed by atoms with E-state index in [0.717, 1.165) is 24.4 Å². The minimum absolute atomic E-state index is 0.222. The Morgan fingerprint density at radius 3 is 3.07 bits per heavy atom. The highest BCUT2D eigenvalue weighted by Crippen LogP contribution is 2.43. The number of thioether (sulfide) groups is 1. The van der Waals surface area contributed by atoms with E-state index in [0.29, 0.717) is 5.92 Å². The molecular formula is C11H16N2OS. The minimum Gasteiger partial charge on any atom is -0.447 e. The molecule has 0 aromatic carbocycles.